The molecule has 9 heteroatoms. The minimum absolute atomic E-state index is 0.106. The first-order valence-corrected chi connectivity index (χ1v) is 14.3. The van der Waals surface area contributed by atoms with Crippen LogP contribution >= 0.6 is 11.6 Å². The smallest absolute Gasteiger partial charge is 0.243 e. The van der Waals surface area contributed by atoms with Crippen LogP contribution in [-0.4, -0.2) is 55.1 Å². The number of halogens is 1. The van der Waals surface area contributed by atoms with Gasteiger partial charge in [0.1, 0.15) is 6.04 Å². The van der Waals surface area contributed by atoms with Gasteiger partial charge in [0.15, 0.2) is 0 Å². The van der Waals surface area contributed by atoms with Gasteiger partial charge in [-0.3, -0.25) is 9.59 Å². The third-order valence-corrected chi connectivity index (χ3v) is 8.93. The Balaban J connectivity index is 1.54. The summed E-state index contributed by atoms with van der Waals surface area (Å²) >= 11 is 6.15. The normalized spacial score (nSPS) is 15.1. The highest BCUT2D eigenvalue weighted by atomic mass is 35.5. The molecule has 2 amide bonds. The predicted molar refractivity (Wildman–Crippen MR) is 146 cm³/mol. The molecule has 0 saturated heterocycles. The Morgan fingerprint density at radius 2 is 1.70 bits per heavy atom. The van der Waals surface area contributed by atoms with Gasteiger partial charge in [-0.25, -0.2) is 8.42 Å². The van der Waals surface area contributed by atoms with E-state index in [1.807, 2.05) is 30.3 Å². The second-order valence-corrected chi connectivity index (χ2v) is 12.1. The lowest BCUT2D eigenvalue weighted by Gasteiger charge is -2.31. The number of likely N-dealkylation sites (N-methyl/N-ethyl adjacent to an activating group) is 1. The van der Waals surface area contributed by atoms with E-state index in [1.165, 1.54) is 11.9 Å². The van der Waals surface area contributed by atoms with Crippen molar-refractivity contribution in [3.63, 3.8) is 0 Å². The molecule has 1 aliphatic carbocycles. The van der Waals surface area contributed by atoms with E-state index in [2.05, 4.69) is 5.32 Å². The Kier molecular flexibility index (Phi) is 8.52. The van der Waals surface area contributed by atoms with Crippen molar-refractivity contribution >= 4 is 44.2 Å². The van der Waals surface area contributed by atoms with Crippen LogP contribution in [0.4, 0.5) is 0 Å². The molecule has 7 nitrogen and oxygen atoms in total. The summed E-state index contributed by atoms with van der Waals surface area (Å²) < 4.78 is 27.7. The van der Waals surface area contributed by atoms with Crippen molar-refractivity contribution in [2.45, 2.75) is 56.1 Å². The Hall–Kier alpha value is -2.94. The lowest BCUT2D eigenvalue weighted by molar-refractivity contribution is -0.140. The van der Waals surface area contributed by atoms with Crippen molar-refractivity contribution in [1.29, 1.82) is 0 Å². The maximum absolute atomic E-state index is 13.5. The van der Waals surface area contributed by atoms with Gasteiger partial charge >= 0.3 is 0 Å². The number of hydrogen-bond acceptors (Lipinski definition) is 4. The maximum atomic E-state index is 13.5. The van der Waals surface area contributed by atoms with Crippen LogP contribution in [-0.2, 0) is 26.2 Å². The van der Waals surface area contributed by atoms with Crippen LogP contribution in [0.2, 0.25) is 5.02 Å². The number of hydrogen-bond donors (Lipinski definition) is 1. The van der Waals surface area contributed by atoms with Gasteiger partial charge in [-0.2, -0.15) is 4.31 Å². The largest absolute Gasteiger partial charge is 0.352 e. The average molecular weight is 542 g/mol. The molecule has 0 aromatic heterocycles. The summed E-state index contributed by atoms with van der Waals surface area (Å²) in [6.07, 6.45) is 3.99. The number of nitrogens with one attached hydrogen (secondary N) is 1. The molecule has 0 heterocycles. The van der Waals surface area contributed by atoms with Crippen molar-refractivity contribution in [3.8, 4) is 0 Å². The molecule has 0 bridgehead atoms. The van der Waals surface area contributed by atoms with Gasteiger partial charge in [0.2, 0.25) is 21.8 Å². The monoisotopic (exact) mass is 541 g/mol. The number of fused-ring (bicyclic) bond motifs is 1. The molecule has 1 unspecified atom stereocenters. The van der Waals surface area contributed by atoms with Crippen LogP contribution in [0, 0.1) is 0 Å². The van der Waals surface area contributed by atoms with E-state index in [0.717, 1.165) is 46.3 Å². The average Bonchev–Trinajstić information content (AvgIpc) is 3.39. The SMILES string of the molecule is CC(C(=O)NC1CCCC1)N(Cc1cccc(Cl)c1)C(=O)CN(C)S(=O)(=O)c1ccc2ccccc2c1. The van der Waals surface area contributed by atoms with E-state index in [1.54, 1.807) is 43.3 Å². The van der Waals surface area contributed by atoms with Crippen LogP contribution in [0.5, 0.6) is 0 Å². The summed E-state index contributed by atoms with van der Waals surface area (Å²) in [6.45, 7) is 1.39. The van der Waals surface area contributed by atoms with Crippen molar-refractivity contribution in [2.75, 3.05) is 13.6 Å². The fourth-order valence-electron chi connectivity index (χ4n) is 4.68. The Labute approximate surface area is 223 Å². The van der Waals surface area contributed by atoms with Crippen molar-refractivity contribution in [1.82, 2.24) is 14.5 Å². The molecule has 196 valence electrons. The summed E-state index contributed by atoms with van der Waals surface area (Å²) in [5.41, 5.74) is 0.751. The first-order chi connectivity index (χ1) is 17.6. The molecule has 1 fully saturated rings. The molecular weight excluding hydrogens is 510 g/mol. The molecule has 1 aliphatic rings. The lowest BCUT2D eigenvalue weighted by atomic mass is 10.1. The number of rotatable bonds is 9. The molecule has 1 saturated carbocycles. The molecule has 1 atom stereocenters. The molecule has 37 heavy (non-hydrogen) atoms. The number of sulfonamides is 1. The zero-order valence-electron chi connectivity index (χ0n) is 21.1. The standard InChI is InChI=1S/C28H32ClN3O4S/c1-20(28(34)30-25-12-5-6-13-25)32(18-21-8-7-11-24(29)16-21)27(33)19-31(2)37(35,36)26-15-14-22-9-3-4-10-23(22)17-26/h3-4,7-11,14-17,20,25H,5-6,12-13,18-19H2,1-2H3,(H,30,34). The highest BCUT2D eigenvalue weighted by molar-refractivity contribution is 7.89. The number of nitrogens with zero attached hydrogens (tertiary/aromatic N) is 2. The van der Waals surface area contributed by atoms with Crippen LogP contribution in [0.25, 0.3) is 10.8 Å². The van der Waals surface area contributed by atoms with Gasteiger partial charge in [0.25, 0.3) is 0 Å². The van der Waals surface area contributed by atoms with Gasteiger partial charge in [-0.1, -0.05) is 66.9 Å². The first-order valence-electron chi connectivity index (χ1n) is 12.4. The van der Waals surface area contributed by atoms with Crippen LogP contribution in [0.15, 0.2) is 71.6 Å². The van der Waals surface area contributed by atoms with E-state index in [-0.39, 0.29) is 23.4 Å². The summed E-state index contributed by atoms with van der Waals surface area (Å²) in [4.78, 5) is 28.1. The Morgan fingerprint density at radius 3 is 2.41 bits per heavy atom. The van der Waals surface area contributed by atoms with Gasteiger partial charge < -0.3 is 10.2 Å². The van der Waals surface area contributed by atoms with Crippen LogP contribution < -0.4 is 5.32 Å². The lowest BCUT2D eigenvalue weighted by Crippen LogP contribution is -2.52. The predicted octanol–water partition coefficient (Wildman–Crippen LogP) is 4.59. The van der Waals surface area contributed by atoms with Crippen molar-refractivity contribution < 1.29 is 18.0 Å². The number of amides is 2. The highest BCUT2D eigenvalue weighted by Crippen LogP contribution is 2.23. The quantitative estimate of drug-likeness (QED) is 0.429. The van der Waals surface area contributed by atoms with E-state index < -0.39 is 28.5 Å². The fourth-order valence-corrected chi connectivity index (χ4v) is 6.05. The fraction of sp³-hybridized carbons (Fsp3) is 0.357. The van der Waals surface area contributed by atoms with Crippen LogP contribution in [0.3, 0.4) is 0 Å². The first kappa shape index (κ1) is 27.1. The molecular formula is C28H32ClN3O4S. The van der Waals surface area contributed by atoms with E-state index in [9.17, 15) is 18.0 Å². The zero-order valence-corrected chi connectivity index (χ0v) is 22.6. The minimum atomic E-state index is -3.94. The molecule has 0 radical (unpaired) electrons. The van der Waals surface area contributed by atoms with Crippen molar-refractivity contribution in [2.24, 2.45) is 0 Å². The summed E-state index contributed by atoms with van der Waals surface area (Å²) in [6, 6.07) is 18.8. The molecule has 0 spiro atoms. The van der Waals surface area contributed by atoms with E-state index in [0.29, 0.717) is 5.02 Å². The van der Waals surface area contributed by atoms with Crippen LogP contribution in [0.1, 0.15) is 38.2 Å². The Bertz CT molecular complexity index is 1390. The second-order valence-electron chi connectivity index (χ2n) is 9.59. The van der Waals surface area contributed by atoms with Crippen molar-refractivity contribution in [3.05, 3.63) is 77.3 Å². The minimum Gasteiger partial charge on any atom is -0.352 e. The maximum Gasteiger partial charge on any atom is 0.243 e. The topological polar surface area (TPSA) is 86.8 Å². The molecule has 0 aliphatic heterocycles. The van der Waals surface area contributed by atoms with E-state index in [4.69, 9.17) is 11.6 Å². The molecule has 1 N–H and O–H groups in total. The summed E-state index contributed by atoms with van der Waals surface area (Å²) in [7, 11) is -2.56. The van der Waals surface area contributed by atoms with Gasteiger partial charge in [-0.05, 0) is 60.4 Å². The van der Waals surface area contributed by atoms with Gasteiger partial charge in [-0.15, -0.1) is 0 Å². The third-order valence-electron chi connectivity index (χ3n) is 6.90. The third kappa shape index (κ3) is 6.50. The zero-order chi connectivity index (χ0) is 26.6. The number of carbonyl (C=O) groups excluding carboxylic acids is 2. The molecule has 3 aromatic carbocycles. The summed E-state index contributed by atoms with van der Waals surface area (Å²) in [5.74, 6) is -0.719. The number of benzene rings is 3. The highest BCUT2D eigenvalue weighted by Gasteiger charge is 2.31. The van der Waals surface area contributed by atoms with Gasteiger partial charge in [0.05, 0.1) is 11.4 Å². The van der Waals surface area contributed by atoms with Gasteiger partial charge in [0, 0.05) is 24.7 Å². The molecule has 4 rings (SSSR count). The molecule has 3 aromatic rings. The second kappa shape index (κ2) is 11.6. The van der Waals surface area contributed by atoms with E-state index >= 15 is 0 Å². The summed E-state index contributed by atoms with van der Waals surface area (Å²) in [5, 5.41) is 5.28. The number of carbonyl (C=O) groups is 2. The Morgan fingerprint density at radius 1 is 1.00 bits per heavy atom.